The van der Waals surface area contributed by atoms with Gasteiger partial charge in [0.1, 0.15) is 0 Å². The fourth-order valence-corrected chi connectivity index (χ4v) is 0.604. The SMILES string of the molecule is CC([C]=O)NC(=O)CN(C)C. The van der Waals surface area contributed by atoms with Crippen LogP contribution < -0.4 is 5.32 Å². The molecule has 1 atom stereocenters. The quantitative estimate of drug-likeness (QED) is 0.579. The molecule has 0 aromatic heterocycles. The number of carbonyl (C=O) groups excluding carboxylic acids is 2. The van der Waals surface area contributed by atoms with Crippen molar-refractivity contribution in [2.75, 3.05) is 20.6 Å². The minimum Gasteiger partial charge on any atom is -0.345 e. The molecule has 0 fully saturated rings. The Bertz CT molecular complexity index is 145. The topological polar surface area (TPSA) is 49.4 Å². The molecule has 11 heavy (non-hydrogen) atoms. The third-order valence-electron chi connectivity index (χ3n) is 1.01. The van der Waals surface area contributed by atoms with Gasteiger partial charge in [0, 0.05) is 0 Å². The van der Waals surface area contributed by atoms with Gasteiger partial charge in [-0.15, -0.1) is 0 Å². The van der Waals surface area contributed by atoms with Crippen LogP contribution in [0.5, 0.6) is 0 Å². The third kappa shape index (κ3) is 5.54. The lowest BCUT2D eigenvalue weighted by Gasteiger charge is -2.10. The van der Waals surface area contributed by atoms with Crippen molar-refractivity contribution in [2.24, 2.45) is 0 Å². The van der Waals surface area contributed by atoms with Crippen molar-refractivity contribution in [3.63, 3.8) is 0 Å². The Kier molecular flexibility index (Phi) is 4.45. The summed E-state index contributed by atoms with van der Waals surface area (Å²) in [6.45, 7) is 1.88. The summed E-state index contributed by atoms with van der Waals surface area (Å²) in [6.07, 6.45) is 1.67. The van der Waals surface area contributed by atoms with Crippen LogP contribution in [0.2, 0.25) is 0 Å². The zero-order valence-corrected chi connectivity index (χ0v) is 7.05. The highest BCUT2D eigenvalue weighted by molar-refractivity contribution is 5.81. The molecule has 1 amide bonds. The van der Waals surface area contributed by atoms with Crippen LogP contribution in [0.15, 0.2) is 0 Å². The first kappa shape index (κ1) is 10.1. The second-order valence-corrected chi connectivity index (χ2v) is 2.64. The Labute approximate surface area is 66.6 Å². The average molecular weight is 157 g/mol. The van der Waals surface area contributed by atoms with Crippen LogP contribution in [0.1, 0.15) is 6.92 Å². The van der Waals surface area contributed by atoms with E-state index in [-0.39, 0.29) is 5.91 Å². The van der Waals surface area contributed by atoms with E-state index in [2.05, 4.69) is 5.32 Å². The smallest absolute Gasteiger partial charge is 0.234 e. The van der Waals surface area contributed by atoms with Crippen LogP contribution in [0, 0.1) is 0 Å². The van der Waals surface area contributed by atoms with E-state index in [0.29, 0.717) is 6.54 Å². The van der Waals surface area contributed by atoms with Gasteiger partial charge < -0.3 is 10.2 Å². The van der Waals surface area contributed by atoms with Crippen molar-refractivity contribution in [3.8, 4) is 0 Å². The largest absolute Gasteiger partial charge is 0.345 e. The standard InChI is InChI=1S/C7H13N2O2/c1-6(5-10)8-7(11)4-9(2)3/h6H,4H2,1-3H3,(H,8,11). The van der Waals surface area contributed by atoms with E-state index in [1.807, 2.05) is 0 Å². The van der Waals surface area contributed by atoms with Crippen molar-refractivity contribution in [3.05, 3.63) is 0 Å². The summed E-state index contributed by atoms with van der Waals surface area (Å²) in [5.74, 6) is -0.161. The molecule has 0 aromatic carbocycles. The van der Waals surface area contributed by atoms with E-state index in [1.165, 1.54) is 0 Å². The second kappa shape index (κ2) is 4.85. The molecule has 0 saturated heterocycles. The van der Waals surface area contributed by atoms with Crippen LogP contribution in [-0.2, 0) is 9.59 Å². The van der Waals surface area contributed by atoms with E-state index >= 15 is 0 Å². The molecule has 0 aliphatic rings. The summed E-state index contributed by atoms with van der Waals surface area (Å²) in [5, 5.41) is 2.46. The lowest BCUT2D eigenvalue weighted by atomic mass is 10.4. The molecule has 1 N–H and O–H groups in total. The Morgan fingerprint density at radius 3 is 2.55 bits per heavy atom. The predicted octanol–water partition coefficient (Wildman–Crippen LogP) is -0.838. The van der Waals surface area contributed by atoms with Gasteiger partial charge in [-0.05, 0) is 21.0 Å². The molecule has 0 aromatic rings. The lowest BCUT2D eigenvalue weighted by Crippen LogP contribution is -2.39. The molecule has 1 radical (unpaired) electrons. The maximum absolute atomic E-state index is 10.9. The number of hydrogen-bond acceptors (Lipinski definition) is 3. The van der Waals surface area contributed by atoms with Gasteiger partial charge >= 0.3 is 0 Å². The Hall–Kier alpha value is -0.900. The van der Waals surface area contributed by atoms with Gasteiger partial charge in [-0.25, -0.2) is 0 Å². The molecule has 0 rings (SSSR count). The average Bonchev–Trinajstić information content (AvgIpc) is 1.85. The number of nitrogens with zero attached hydrogens (tertiary/aromatic N) is 1. The zero-order chi connectivity index (χ0) is 8.85. The van der Waals surface area contributed by atoms with Crippen molar-refractivity contribution in [2.45, 2.75) is 13.0 Å². The molecule has 0 bridgehead atoms. The molecule has 4 nitrogen and oxygen atoms in total. The van der Waals surface area contributed by atoms with Crippen molar-refractivity contribution < 1.29 is 9.59 Å². The molecule has 4 heteroatoms. The Morgan fingerprint density at radius 2 is 2.18 bits per heavy atom. The lowest BCUT2D eigenvalue weighted by molar-refractivity contribution is -0.121. The van der Waals surface area contributed by atoms with Gasteiger partial charge in [-0.2, -0.15) is 0 Å². The van der Waals surface area contributed by atoms with Gasteiger partial charge in [0.2, 0.25) is 12.2 Å². The fourth-order valence-electron chi connectivity index (χ4n) is 0.604. The number of nitrogens with one attached hydrogen (secondary N) is 1. The minimum atomic E-state index is -0.512. The minimum absolute atomic E-state index is 0.161. The normalized spacial score (nSPS) is 12.7. The summed E-state index contributed by atoms with van der Waals surface area (Å²) in [6, 6.07) is -0.512. The number of amides is 1. The molecule has 1 unspecified atom stereocenters. The summed E-state index contributed by atoms with van der Waals surface area (Å²) >= 11 is 0. The molecule has 0 spiro atoms. The predicted molar refractivity (Wildman–Crippen MR) is 41.9 cm³/mol. The van der Waals surface area contributed by atoms with Crippen molar-refractivity contribution >= 4 is 12.2 Å². The number of likely N-dealkylation sites (N-methyl/N-ethyl adjacent to an activating group) is 1. The molecule has 0 saturated carbocycles. The second-order valence-electron chi connectivity index (χ2n) is 2.64. The fraction of sp³-hybridized carbons (Fsp3) is 0.714. The zero-order valence-electron chi connectivity index (χ0n) is 7.05. The van der Waals surface area contributed by atoms with Crippen LogP contribution in [0.4, 0.5) is 0 Å². The van der Waals surface area contributed by atoms with Gasteiger partial charge in [0.25, 0.3) is 0 Å². The van der Waals surface area contributed by atoms with E-state index in [1.54, 1.807) is 32.2 Å². The maximum atomic E-state index is 10.9. The number of hydrogen-bond donors (Lipinski definition) is 1. The first-order chi connectivity index (χ1) is 5.06. The van der Waals surface area contributed by atoms with Crippen molar-refractivity contribution in [1.82, 2.24) is 10.2 Å². The number of rotatable bonds is 4. The Morgan fingerprint density at radius 1 is 1.64 bits per heavy atom. The van der Waals surface area contributed by atoms with Crippen LogP contribution in [0.25, 0.3) is 0 Å². The number of carbonyl (C=O) groups is 1. The van der Waals surface area contributed by atoms with E-state index < -0.39 is 6.04 Å². The highest BCUT2D eigenvalue weighted by Crippen LogP contribution is 1.77. The first-order valence-corrected chi connectivity index (χ1v) is 3.38. The van der Waals surface area contributed by atoms with Gasteiger partial charge in [-0.1, -0.05) is 0 Å². The third-order valence-corrected chi connectivity index (χ3v) is 1.01. The van der Waals surface area contributed by atoms with E-state index in [0.717, 1.165) is 0 Å². The monoisotopic (exact) mass is 157 g/mol. The summed E-state index contributed by atoms with van der Waals surface area (Å²) in [5.41, 5.74) is 0. The van der Waals surface area contributed by atoms with Crippen LogP contribution >= 0.6 is 0 Å². The van der Waals surface area contributed by atoms with Crippen LogP contribution in [-0.4, -0.2) is 43.8 Å². The van der Waals surface area contributed by atoms with Crippen LogP contribution in [0.3, 0.4) is 0 Å². The molecule has 0 heterocycles. The summed E-state index contributed by atoms with van der Waals surface area (Å²) in [4.78, 5) is 22.6. The summed E-state index contributed by atoms with van der Waals surface area (Å²) < 4.78 is 0. The van der Waals surface area contributed by atoms with E-state index in [4.69, 9.17) is 0 Å². The highest BCUT2D eigenvalue weighted by Gasteiger charge is 2.06. The van der Waals surface area contributed by atoms with Gasteiger partial charge in [-0.3, -0.25) is 9.59 Å². The molecular formula is C7H13N2O2. The maximum Gasteiger partial charge on any atom is 0.234 e. The molecule has 0 aliphatic carbocycles. The molecular weight excluding hydrogens is 144 g/mol. The van der Waals surface area contributed by atoms with E-state index in [9.17, 15) is 9.59 Å². The summed E-state index contributed by atoms with van der Waals surface area (Å²) in [7, 11) is 3.57. The van der Waals surface area contributed by atoms with Gasteiger partial charge in [0.05, 0.1) is 12.6 Å². The molecule has 63 valence electrons. The highest BCUT2D eigenvalue weighted by atomic mass is 16.2. The van der Waals surface area contributed by atoms with Crippen molar-refractivity contribution in [1.29, 1.82) is 0 Å². The first-order valence-electron chi connectivity index (χ1n) is 3.38. The molecule has 0 aliphatic heterocycles. The van der Waals surface area contributed by atoms with Gasteiger partial charge in [0.15, 0.2) is 0 Å². The Balaban J connectivity index is 3.60.